The van der Waals surface area contributed by atoms with Gasteiger partial charge in [0.2, 0.25) is 0 Å². The first-order valence-electron chi connectivity index (χ1n) is 22.0. The molecule has 0 aliphatic heterocycles. The SMILES string of the molecule is [2H]C1([2H])c2ccc(-c3ccc(N(c4ccc5c(c4)C4(c6ccccc6-c6ccccc64)c4ccccc4-5)c4ccc(-c5ccccc5)cc4-c4ccccc4)cc3)cc2C1([2H])[2H]. The minimum Gasteiger partial charge on any atom is -0.310 e. The van der Waals surface area contributed by atoms with Gasteiger partial charge in [-0.05, 0) is 133 Å². The zero-order valence-corrected chi connectivity index (χ0v) is 31.7. The van der Waals surface area contributed by atoms with Crippen LogP contribution in [0.4, 0.5) is 17.1 Å². The van der Waals surface area contributed by atoms with Gasteiger partial charge in [0.15, 0.2) is 0 Å². The van der Waals surface area contributed by atoms with E-state index in [9.17, 15) is 0 Å². The number of fused-ring (bicyclic) bond motifs is 11. The molecule has 0 radical (unpaired) electrons. The smallest absolute Gasteiger partial charge is 0.0726 e. The minimum absolute atomic E-state index is 0.417. The van der Waals surface area contributed by atoms with E-state index in [1.807, 2.05) is 12.1 Å². The quantitative estimate of drug-likeness (QED) is 0.164. The van der Waals surface area contributed by atoms with Crippen LogP contribution in [0.15, 0.2) is 212 Å². The highest BCUT2D eigenvalue weighted by Crippen LogP contribution is 2.63. The Morgan fingerprint density at radius 3 is 1.47 bits per heavy atom. The van der Waals surface area contributed by atoms with Crippen LogP contribution in [0, 0.1) is 0 Å². The molecule has 3 aliphatic rings. The maximum atomic E-state index is 8.47. The highest BCUT2D eigenvalue weighted by Gasteiger charge is 2.51. The van der Waals surface area contributed by atoms with Crippen LogP contribution in [0.5, 0.6) is 0 Å². The van der Waals surface area contributed by atoms with Gasteiger partial charge in [-0.25, -0.2) is 0 Å². The topological polar surface area (TPSA) is 3.24 Å². The van der Waals surface area contributed by atoms with Crippen molar-refractivity contribution in [3.63, 3.8) is 0 Å². The average Bonchev–Trinajstić information content (AvgIpc) is 3.79. The van der Waals surface area contributed by atoms with Crippen molar-refractivity contribution in [3.05, 3.63) is 246 Å². The summed E-state index contributed by atoms with van der Waals surface area (Å²) in [5.74, 6) is 0. The van der Waals surface area contributed by atoms with Gasteiger partial charge in [0.25, 0.3) is 0 Å². The fourth-order valence-electron chi connectivity index (χ4n) is 9.85. The number of aryl methyl sites for hydroxylation is 2. The molecule has 1 heteroatoms. The van der Waals surface area contributed by atoms with Crippen LogP contribution in [0.1, 0.15) is 38.9 Å². The molecule has 9 aromatic carbocycles. The molecule has 1 nitrogen and oxygen atoms in total. The number of rotatable bonds is 6. The lowest BCUT2D eigenvalue weighted by molar-refractivity contribution is 0.793. The van der Waals surface area contributed by atoms with E-state index in [0.29, 0.717) is 11.1 Å². The summed E-state index contributed by atoms with van der Waals surface area (Å²) in [6, 6.07) is 75.7. The van der Waals surface area contributed by atoms with E-state index in [2.05, 4.69) is 199 Å². The third-order valence-electron chi connectivity index (χ3n) is 12.5. The molecule has 0 N–H and O–H groups in total. The van der Waals surface area contributed by atoms with E-state index in [1.165, 1.54) is 44.5 Å². The van der Waals surface area contributed by atoms with Crippen molar-refractivity contribution in [2.75, 3.05) is 4.90 Å². The van der Waals surface area contributed by atoms with Gasteiger partial charge in [-0.2, -0.15) is 0 Å². The molecular weight excluding hydrogens is 699 g/mol. The van der Waals surface area contributed by atoms with Crippen LogP contribution in [-0.4, -0.2) is 0 Å². The monoisotopic (exact) mass is 741 g/mol. The summed E-state index contributed by atoms with van der Waals surface area (Å²) in [5, 5.41) is 0. The van der Waals surface area contributed by atoms with E-state index in [0.717, 1.165) is 50.4 Å². The molecule has 0 amide bonds. The molecule has 3 aliphatic carbocycles. The van der Waals surface area contributed by atoms with Gasteiger partial charge in [-0.15, -0.1) is 0 Å². The highest BCUT2D eigenvalue weighted by molar-refractivity contribution is 5.97. The number of hydrogen-bond donors (Lipinski definition) is 0. The standard InChI is InChI=1S/C57H39N/c1-3-13-38(14-4-1)44-29-34-56(51(36-44)41-15-5-2-6-16-41)58(45-30-27-40(28-31-45)43-26-24-39-23-25-42(39)35-43)46-32-33-50-49-19-9-12-22-54(49)57(55(50)37-46)52-20-10-7-17-47(52)48-18-8-11-21-53(48)57/h1-22,24,26-37H,23,25H2/i23D2,25D2. The molecule has 9 aromatic rings. The van der Waals surface area contributed by atoms with Crippen molar-refractivity contribution in [2.45, 2.75) is 18.2 Å². The number of anilines is 3. The van der Waals surface area contributed by atoms with Crippen molar-refractivity contribution in [1.82, 2.24) is 0 Å². The van der Waals surface area contributed by atoms with Crippen LogP contribution in [0.25, 0.3) is 55.6 Å². The normalized spacial score (nSPS) is 16.3. The van der Waals surface area contributed by atoms with Crippen molar-refractivity contribution in [2.24, 2.45) is 0 Å². The van der Waals surface area contributed by atoms with E-state index >= 15 is 0 Å². The fourth-order valence-corrected chi connectivity index (χ4v) is 9.85. The Morgan fingerprint density at radius 1 is 0.328 bits per heavy atom. The molecule has 0 heterocycles. The summed E-state index contributed by atoms with van der Waals surface area (Å²) in [7, 11) is 0. The highest BCUT2D eigenvalue weighted by atomic mass is 15.1. The van der Waals surface area contributed by atoms with Crippen molar-refractivity contribution in [1.29, 1.82) is 0 Å². The Kier molecular flexibility index (Phi) is 6.47. The van der Waals surface area contributed by atoms with Gasteiger partial charge in [0.1, 0.15) is 0 Å². The first-order chi connectivity index (χ1) is 30.3. The predicted octanol–water partition coefficient (Wildman–Crippen LogP) is 14.6. The molecular formula is C57H39N. The van der Waals surface area contributed by atoms with Gasteiger partial charge in [-0.3, -0.25) is 0 Å². The Hall–Kier alpha value is -7.22. The molecule has 0 aromatic heterocycles. The molecule has 0 fully saturated rings. The first-order valence-corrected chi connectivity index (χ1v) is 20.0. The Balaban J connectivity index is 1.09. The number of hydrogen-bond acceptors (Lipinski definition) is 1. The Morgan fingerprint density at radius 2 is 0.810 bits per heavy atom. The second-order valence-corrected chi connectivity index (χ2v) is 15.5. The van der Waals surface area contributed by atoms with E-state index in [-0.39, 0.29) is 0 Å². The van der Waals surface area contributed by atoms with Crippen LogP contribution in [0.3, 0.4) is 0 Å². The zero-order chi connectivity index (χ0) is 41.8. The summed E-state index contributed by atoms with van der Waals surface area (Å²) in [4.78, 5) is 2.38. The second-order valence-electron chi connectivity index (χ2n) is 15.5. The average molecular weight is 742 g/mol. The van der Waals surface area contributed by atoms with E-state index in [4.69, 9.17) is 5.48 Å². The van der Waals surface area contributed by atoms with Gasteiger partial charge in [-0.1, -0.05) is 176 Å². The van der Waals surface area contributed by atoms with Crippen LogP contribution in [0.2, 0.25) is 0 Å². The van der Waals surface area contributed by atoms with Gasteiger partial charge >= 0.3 is 0 Å². The molecule has 272 valence electrons. The van der Waals surface area contributed by atoms with Crippen molar-refractivity contribution >= 4 is 17.1 Å². The molecule has 0 saturated carbocycles. The first kappa shape index (κ1) is 29.1. The summed E-state index contributed by atoms with van der Waals surface area (Å²) in [6.07, 6.45) is -4.05. The molecule has 1 spiro atoms. The van der Waals surface area contributed by atoms with Crippen LogP contribution >= 0.6 is 0 Å². The lowest BCUT2D eigenvalue weighted by atomic mass is 9.70. The molecule has 0 unspecified atom stereocenters. The van der Waals surface area contributed by atoms with Gasteiger partial charge < -0.3 is 4.90 Å². The summed E-state index contributed by atoms with van der Waals surface area (Å²) >= 11 is 0. The van der Waals surface area contributed by atoms with Gasteiger partial charge in [0.05, 0.1) is 11.1 Å². The van der Waals surface area contributed by atoms with E-state index < -0.39 is 18.2 Å². The Labute approximate surface area is 345 Å². The summed E-state index contributed by atoms with van der Waals surface area (Å²) in [6.45, 7) is 0. The maximum Gasteiger partial charge on any atom is 0.0726 e. The fraction of sp³-hybridized carbons (Fsp3) is 0.0526. The second kappa shape index (κ2) is 12.9. The Bertz CT molecular complexity index is 3180. The molecule has 58 heavy (non-hydrogen) atoms. The third kappa shape index (κ3) is 4.83. The third-order valence-corrected chi connectivity index (χ3v) is 12.5. The summed E-state index contributed by atoms with van der Waals surface area (Å²) < 4.78 is 33.6. The predicted molar refractivity (Wildman–Crippen MR) is 241 cm³/mol. The van der Waals surface area contributed by atoms with Crippen LogP contribution in [-0.2, 0) is 18.2 Å². The molecule has 0 bridgehead atoms. The lowest BCUT2D eigenvalue weighted by Gasteiger charge is -2.33. The maximum absolute atomic E-state index is 8.47. The lowest BCUT2D eigenvalue weighted by Crippen LogP contribution is -2.26. The van der Waals surface area contributed by atoms with E-state index in [1.54, 1.807) is 6.07 Å². The summed E-state index contributed by atoms with van der Waals surface area (Å²) in [5.41, 5.74) is 19.9. The van der Waals surface area contributed by atoms with Crippen molar-refractivity contribution in [3.8, 4) is 55.6 Å². The van der Waals surface area contributed by atoms with Gasteiger partial charge in [0, 0.05) is 22.4 Å². The molecule has 0 saturated heterocycles. The molecule has 0 atom stereocenters. The molecule has 12 rings (SSSR count). The zero-order valence-electron chi connectivity index (χ0n) is 35.7. The van der Waals surface area contributed by atoms with Crippen LogP contribution < -0.4 is 4.90 Å². The largest absolute Gasteiger partial charge is 0.310 e. The minimum atomic E-state index is -2.04. The van der Waals surface area contributed by atoms with Crippen molar-refractivity contribution < 1.29 is 5.48 Å². The number of nitrogens with zero attached hydrogens (tertiary/aromatic N) is 1. The number of benzene rings is 9.